The minimum Gasteiger partial charge on any atom is -0.496 e. The van der Waals surface area contributed by atoms with E-state index in [0.717, 1.165) is 42.7 Å². The van der Waals surface area contributed by atoms with Crippen LogP contribution < -0.4 is 15.8 Å². The van der Waals surface area contributed by atoms with Crippen LogP contribution >= 0.6 is 0 Å². The molecule has 1 aromatic carbocycles. The number of benzene rings is 1. The van der Waals surface area contributed by atoms with Crippen molar-refractivity contribution >= 4 is 11.6 Å². The van der Waals surface area contributed by atoms with Crippen LogP contribution in [0.5, 0.6) is 5.75 Å². The largest absolute Gasteiger partial charge is 0.496 e. The molecule has 0 bridgehead atoms. The van der Waals surface area contributed by atoms with E-state index in [1.165, 1.54) is 6.42 Å². The summed E-state index contributed by atoms with van der Waals surface area (Å²) in [6.07, 6.45) is 5.79. The van der Waals surface area contributed by atoms with Gasteiger partial charge in [-0.1, -0.05) is 19.3 Å². The predicted molar refractivity (Wildman–Crippen MR) is 81.0 cm³/mol. The number of carbonyl (C=O) groups is 1. The summed E-state index contributed by atoms with van der Waals surface area (Å²) in [6.45, 7) is 1.96. The number of ether oxygens (including phenoxy) is 1. The van der Waals surface area contributed by atoms with Gasteiger partial charge in [0.05, 0.1) is 7.11 Å². The van der Waals surface area contributed by atoms with Crippen LogP contribution in [0.15, 0.2) is 18.2 Å². The fraction of sp³-hybridized carbons (Fsp3) is 0.562. The lowest BCUT2D eigenvalue weighted by Crippen LogP contribution is -2.44. The average Bonchev–Trinajstić information content (AvgIpc) is 2.39. The molecule has 1 amide bonds. The van der Waals surface area contributed by atoms with E-state index in [1.807, 2.05) is 25.1 Å². The molecule has 1 saturated carbocycles. The number of carbonyl (C=O) groups excluding carboxylic acids is 1. The second-order valence-electron chi connectivity index (χ2n) is 5.83. The molecule has 0 aliphatic heterocycles. The molecule has 4 nitrogen and oxygen atoms in total. The maximum atomic E-state index is 12.1. The maximum Gasteiger partial charge on any atom is 0.226 e. The fourth-order valence-electron chi connectivity index (χ4n) is 2.91. The summed E-state index contributed by atoms with van der Waals surface area (Å²) in [6, 6.07) is 5.64. The molecule has 0 atom stereocenters. The summed E-state index contributed by atoms with van der Waals surface area (Å²) >= 11 is 0. The summed E-state index contributed by atoms with van der Waals surface area (Å²) < 4.78 is 5.21. The first-order chi connectivity index (χ1) is 9.52. The molecule has 1 aromatic rings. The molecule has 1 aliphatic rings. The van der Waals surface area contributed by atoms with Crippen molar-refractivity contribution in [1.29, 1.82) is 0 Å². The smallest absolute Gasteiger partial charge is 0.226 e. The topological polar surface area (TPSA) is 64.3 Å². The van der Waals surface area contributed by atoms with Gasteiger partial charge in [0, 0.05) is 17.6 Å². The van der Waals surface area contributed by atoms with Gasteiger partial charge in [-0.05, 0) is 43.5 Å². The van der Waals surface area contributed by atoms with Gasteiger partial charge in [-0.15, -0.1) is 0 Å². The number of amides is 1. The van der Waals surface area contributed by atoms with Gasteiger partial charge in [0.2, 0.25) is 5.91 Å². The van der Waals surface area contributed by atoms with Crippen molar-refractivity contribution in [3.8, 4) is 5.75 Å². The quantitative estimate of drug-likeness (QED) is 0.888. The van der Waals surface area contributed by atoms with E-state index in [4.69, 9.17) is 10.5 Å². The Balaban J connectivity index is 1.95. The molecule has 20 heavy (non-hydrogen) atoms. The number of nitrogens with two attached hydrogens (primary N) is 1. The zero-order valence-corrected chi connectivity index (χ0v) is 12.4. The number of hydrogen-bond acceptors (Lipinski definition) is 3. The summed E-state index contributed by atoms with van der Waals surface area (Å²) in [5.41, 5.74) is 7.80. The third-order valence-corrected chi connectivity index (χ3v) is 4.04. The minimum atomic E-state index is -0.316. The minimum absolute atomic E-state index is 0.000957. The number of anilines is 1. The average molecular weight is 276 g/mol. The molecule has 4 heteroatoms. The van der Waals surface area contributed by atoms with E-state index in [0.29, 0.717) is 6.42 Å². The van der Waals surface area contributed by atoms with E-state index < -0.39 is 0 Å². The third-order valence-electron chi connectivity index (χ3n) is 4.04. The highest BCUT2D eigenvalue weighted by atomic mass is 16.5. The van der Waals surface area contributed by atoms with Crippen molar-refractivity contribution in [2.75, 3.05) is 12.4 Å². The Bertz CT molecular complexity index is 479. The van der Waals surface area contributed by atoms with Crippen LogP contribution in [0.1, 0.15) is 44.1 Å². The van der Waals surface area contributed by atoms with Gasteiger partial charge >= 0.3 is 0 Å². The number of methoxy groups -OCH3 is 1. The highest BCUT2D eigenvalue weighted by Gasteiger charge is 2.29. The number of nitrogens with one attached hydrogen (secondary N) is 1. The molecule has 1 aliphatic carbocycles. The standard InChI is InChI=1S/C16H24N2O2/c1-12-10-13(6-7-14(12)20-2)18-15(19)11-16(17)8-4-3-5-9-16/h6-7,10H,3-5,8-9,11,17H2,1-2H3,(H,18,19). The molecular formula is C16H24N2O2. The lowest BCUT2D eigenvalue weighted by Gasteiger charge is -2.32. The van der Waals surface area contributed by atoms with Gasteiger partial charge in [-0.25, -0.2) is 0 Å². The molecule has 3 N–H and O–H groups in total. The lowest BCUT2D eigenvalue weighted by atomic mass is 9.80. The molecule has 0 unspecified atom stereocenters. The van der Waals surface area contributed by atoms with E-state index >= 15 is 0 Å². The normalized spacial score (nSPS) is 17.6. The highest BCUT2D eigenvalue weighted by molar-refractivity contribution is 5.91. The highest BCUT2D eigenvalue weighted by Crippen LogP contribution is 2.29. The SMILES string of the molecule is COc1ccc(NC(=O)CC2(N)CCCCC2)cc1C. The number of rotatable bonds is 4. The van der Waals surface area contributed by atoms with Crippen molar-refractivity contribution in [3.63, 3.8) is 0 Å². The molecule has 0 heterocycles. The monoisotopic (exact) mass is 276 g/mol. The van der Waals surface area contributed by atoms with Gasteiger partial charge in [-0.2, -0.15) is 0 Å². The van der Waals surface area contributed by atoms with Gasteiger partial charge in [0.25, 0.3) is 0 Å². The predicted octanol–water partition coefficient (Wildman–Crippen LogP) is 2.99. The molecule has 0 radical (unpaired) electrons. The Morgan fingerprint density at radius 1 is 1.35 bits per heavy atom. The molecule has 1 fully saturated rings. The van der Waals surface area contributed by atoms with Crippen molar-refractivity contribution in [2.45, 2.75) is 51.0 Å². The second-order valence-corrected chi connectivity index (χ2v) is 5.83. The van der Waals surface area contributed by atoms with Gasteiger partial charge < -0.3 is 15.8 Å². The summed E-state index contributed by atoms with van der Waals surface area (Å²) in [5, 5.41) is 2.93. The van der Waals surface area contributed by atoms with E-state index in [1.54, 1.807) is 7.11 Å². The second kappa shape index (κ2) is 6.27. The number of aryl methyl sites for hydroxylation is 1. The Morgan fingerprint density at radius 2 is 2.05 bits per heavy atom. The third kappa shape index (κ3) is 3.73. The van der Waals surface area contributed by atoms with Crippen molar-refractivity contribution < 1.29 is 9.53 Å². The number of hydrogen-bond donors (Lipinski definition) is 2. The zero-order chi connectivity index (χ0) is 14.6. The van der Waals surface area contributed by atoms with Crippen molar-refractivity contribution in [1.82, 2.24) is 0 Å². The van der Waals surface area contributed by atoms with Crippen LogP contribution in [0.4, 0.5) is 5.69 Å². The van der Waals surface area contributed by atoms with Crippen molar-refractivity contribution in [2.24, 2.45) is 5.73 Å². The Labute approximate surface area is 120 Å². The van der Waals surface area contributed by atoms with Crippen LogP contribution in [0.25, 0.3) is 0 Å². The molecule has 2 rings (SSSR count). The van der Waals surface area contributed by atoms with Gasteiger partial charge in [0.1, 0.15) is 5.75 Å². The van der Waals surface area contributed by atoms with Crippen molar-refractivity contribution in [3.05, 3.63) is 23.8 Å². The maximum absolute atomic E-state index is 12.1. The Hall–Kier alpha value is -1.55. The fourth-order valence-corrected chi connectivity index (χ4v) is 2.91. The van der Waals surface area contributed by atoms with E-state index in [-0.39, 0.29) is 11.4 Å². The zero-order valence-electron chi connectivity index (χ0n) is 12.4. The van der Waals surface area contributed by atoms with E-state index in [2.05, 4.69) is 5.32 Å². The summed E-state index contributed by atoms with van der Waals surface area (Å²) in [5.74, 6) is 0.824. The van der Waals surface area contributed by atoms with Crippen LogP contribution in [0.3, 0.4) is 0 Å². The first-order valence-electron chi connectivity index (χ1n) is 7.26. The first-order valence-corrected chi connectivity index (χ1v) is 7.26. The molecular weight excluding hydrogens is 252 g/mol. The van der Waals surface area contributed by atoms with Crippen LogP contribution in [0.2, 0.25) is 0 Å². The van der Waals surface area contributed by atoms with Crippen LogP contribution in [-0.4, -0.2) is 18.6 Å². The van der Waals surface area contributed by atoms with Crippen LogP contribution in [-0.2, 0) is 4.79 Å². The molecule has 0 spiro atoms. The van der Waals surface area contributed by atoms with Crippen LogP contribution in [0, 0.1) is 6.92 Å². The van der Waals surface area contributed by atoms with Gasteiger partial charge in [-0.3, -0.25) is 4.79 Å². The van der Waals surface area contributed by atoms with Gasteiger partial charge in [0.15, 0.2) is 0 Å². The summed E-state index contributed by atoms with van der Waals surface area (Å²) in [4.78, 5) is 12.1. The first kappa shape index (κ1) is 14.9. The van der Waals surface area contributed by atoms with E-state index in [9.17, 15) is 4.79 Å². The Morgan fingerprint density at radius 3 is 2.65 bits per heavy atom. The summed E-state index contributed by atoms with van der Waals surface area (Å²) in [7, 11) is 1.64. The molecule has 0 saturated heterocycles. The molecule has 110 valence electrons. The Kier molecular flexibility index (Phi) is 4.65. The lowest BCUT2D eigenvalue weighted by molar-refractivity contribution is -0.117. The molecule has 0 aromatic heterocycles.